The highest BCUT2D eigenvalue weighted by Gasteiger charge is 2.26. The second-order valence-corrected chi connectivity index (χ2v) is 9.00. The highest BCUT2D eigenvalue weighted by Crippen LogP contribution is 2.31. The molecule has 1 aromatic heterocycles. The number of carbonyl (C=O) groups is 2. The first-order valence-electron chi connectivity index (χ1n) is 10.7. The van der Waals surface area contributed by atoms with Gasteiger partial charge in [0.1, 0.15) is 11.4 Å². The van der Waals surface area contributed by atoms with Crippen LogP contribution in [-0.4, -0.2) is 68.2 Å². The molecule has 1 saturated heterocycles. The van der Waals surface area contributed by atoms with Crippen LogP contribution < -0.4 is 15.0 Å². The number of aromatic amines is 1. The minimum atomic E-state index is -0.528. The zero-order valence-corrected chi connectivity index (χ0v) is 20.4. The summed E-state index contributed by atoms with van der Waals surface area (Å²) in [5, 5.41) is 3.68. The topological polar surface area (TPSA) is 86.9 Å². The zero-order valence-electron chi connectivity index (χ0n) is 18.9. The number of fused-ring (bicyclic) bond motifs is 1. The van der Waals surface area contributed by atoms with Crippen molar-refractivity contribution in [1.29, 1.82) is 0 Å². The fourth-order valence-electron chi connectivity index (χ4n) is 4.27. The summed E-state index contributed by atoms with van der Waals surface area (Å²) in [7, 11) is 2.98. The van der Waals surface area contributed by atoms with Gasteiger partial charge in [-0.3, -0.25) is 9.69 Å². The van der Waals surface area contributed by atoms with Crippen molar-refractivity contribution < 1.29 is 19.1 Å². The van der Waals surface area contributed by atoms with Gasteiger partial charge in [0, 0.05) is 46.7 Å². The fraction of sp³-hybridized carbons (Fsp3) is 0.333. The first-order chi connectivity index (χ1) is 15.9. The third-order valence-electron chi connectivity index (χ3n) is 5.90. The van der Waals surface area contributed by atoms with Gasteiger partial charge in [0.2, 0.25) is 5.91 Å². The molecule has 2 aromatic carbocycles. The Morgan fingerprint density at radius 3 is 2.58 bits per heavy atom. The third kappa shape index (κ3) is 4.99. The van der Waals surface area contributed by atoms with E-state index in [1.807, 2.05) is 30.3 Å². The van der Waals surface area contributed by atoms with E-state index in [4.69, 9.17) is 9.47 Å². The lowest BCUT2D eigenvalue weighted by Crippen LogP contribution is -2.53. The molecular formula is C24H27BrN4O4. The Kier molecular flexibility index (Phi) is 6.90. The van der Waals surface area contributed by atoms with E-state index in [0.29, 0.717) is 5.69 Å². The van der Waals surface area contributed by atoms with E-state index in [2.05, 4.69) is 55.1 Å². The van der Waals surface area contributed by atoms with Crippen molar-refractivity contribution in [3.05, 3.63) is 52.6 Å². The Balaban J connectivity index is 1.44. The number of amides is 1. The molecule has 2 heterocycles. The molecule has 3 aromatic rings. The van der Waals surface area contributed by atoms with Gasteiger partial charge >= 0.3 is 5.97 Å². The van der Waals surface area contributed by atoms with Gasteiger partial charge < -0.3 is 24.7 Å². The summed E-state index contributed by atoms with van der Waals surface area (Å²) < 4.78 is 11.0. The molecule has 0 bridgehead atoms. The molecule has 1 atom stereocenters. The summed E-state index contributed by atoms with van der Waals surface area (Å²) in [6, 6.07) is 13.9. The van der Waals surface area contributed by atoms with E-state index >= 15 is 0 Å². The number of benzene rings is 2. The molecule has 33 heavy (non-hydrogen) atoms. The molecule has 9 heteroatoms. The second-order valence-electron chi connectivity index (χ2n) is 8.08. The quantitative estimate of drug-likeness (QED) is 0.485. The molecule has 1 aliphatic heterocycles. The number of carbonyl (C=O) groups excluding carboxylic acids is 2. The van der Waals surface area contributed by atoms with Crippen molar-refractivity contribution in [3.63, 3.8) is 0 Å². The molecule has 0 aliphatic carbocycles. The standard InChI is InChI=1S/C24H27BrN4O4/c1-15-13-28(10-11-29(15)17-5-7-18(32-2)8-6-17)14-21(30)27-22-19-12-16(25)4-9-20(19)26-23(22)24(31)33-3/h4-9,12,15,26H,10-11,13-14H2,1-3H3,(H,27,30)/t15-/m0/s1. The van der Waals surface area contributed by atoms with Crippen LogP contribution in [-0.2, 0) is 9.53 Å². The number of nitrogens with zero attached hydrogens (tertiary/aromatic N) is 2. The van der Waals surface area contributed by atoms with Crippen molar-refractivity contribution in [2.75, 3.05) is 50.6 Å². The van der Waals surface area contributed by atoms with Crippen molar-refractivity contribution in [2.24, 2.45) is 0 Å². The normalized spacial score (nSPS) is 16.6. The number of halogens is 1. The smallest absolute Gasteiger partial charge is 0.356 e. The molecule has 174 valence electrons. The number of piperazine rings is 1. The van der Waals surface area contributed by atoms with Crippen molar-refractivity contribution in [1.82, 2.24) is 9.88 Å². The number of nitrogens with one attached hydrogen (secondary N) is 2. The Bertz CT molecular complexity index is 1160. The van der Waals surface area contributed by atoms with Gasteiger partial charge in [-0.25, -0.2) is 4.79 Å². The van der Waals surface area contributed by atoms with Crippen LogP contribution in [0.15, 0.2) is 46.9 Å². The van der Waals surface area contributed by atoms with E-state index in [1.54, 1.807) is 7.11 Å². The van der Waals surface area contributed by atoms with E-state index in [1.165, 1.54) is 7.11 Å². The number of ether oxygens (including phenoxy) is 2. The largest absolute Gasteiger partial charge is 0.497 e. The van der Waals surface area contributed by atoms with Crippen LogP contribution in [0.4, 0.5) is 11.4 Å². The molecule has 8 nitrogen and oxygen atoms in total. The number of hydrogen-bond donors (Lipinski definition) is 2. The summed E-state index contributed by atoms with van der Waals surface area (Å²) in [6.07, 6.45) is 0. The monoisotopic (exact) mass is 514 g/mol. The average Bonchev–Trinajstić information content (AvgIpc) is 3.16. The van der Waals surface area contributed by atoms with E-state index in [9.17, 15) is 9.59 Å². The summed E-state index contributed by atoms with van der Waals surface area (Å²) in [6.45, 7) is 4.72. The Hall–Kier alpha value is -3.04. The Labute approximate surface area is 201 Å². The summed E-state index contributed by atoms with van der Waals surface area (Å²) in [5.41, 5.74) is 2.56. The minimum Gasteiger partial charge on any atom is -0.497 e. The fourth-order valence-corrected chi connectivity index (χ4v) is 4.63. The van der Waals surface area contributed by atoms with Gasteiger partial charge in [0.15, 0.2) is 0 Å². The van der Waals surface area contributed by atoms with Gasteiger partial charge in [-0.1, -0.05) is 15.9 Å². The molecule has 0 saturated carbocycles. The number of aromatic nitrogens is 1. The summed E-state index contributed by atoms with van der Waals surface area (Å²) >= 11 is 3.45. The molecule has 2 N–H and O–H groups in total. The van der Waals surface area contributed by atoms with Gasteiger partial charge in [0.05, 0.1) is 26.5 Å². The maximum atomic E-state index is 12.9. The van der Waals surface area contributed by atoms with Crippen molar-refractivity contribution in [3.8, 4) is 5.75 Å². The number of anilines is 2. The second kappa shape index (κ2) is 9.84. The molecular weight excluding hydrogens is 488 g/mol. The van der Waals surface area contributed by atoms with E-state index in [-0.39, 0.29) is 24.2 Å². The number of methoxy groups -OCH3 is 2. The number of H-pyrrole nitrogens is 1. The van der Waals surface area contributed by atoms with Crippen LogP contribution in [0.5, 0.6) is 5.75 Å². The number of rotatable bonds is 6. The third-order valence-corrected chi connectivity index (χ3v) is 6.39. The Morgan fingerprint density at radius 1 is 1.15 bits per heavy atom. The minimum absolute atomic E-state index is 0.175. The Morgan fingerprint density at radius 2 is 1.91 bits per heavy atom. The van der Waals surface area contributed by atoms with Crippen LogP contribution in [0, 0.1) is 0 Å². The number of esters is 1. The summed E-state index contributed by atoms with van der Waals surface area (Å²) in [5.74, 6) is 0.128. The van der Waals surface area contributed by atoms with Crippen molar-refractivity contribution >= 4 is 50.1 Å². The molecule has 4 rings (SSSR count). The van der Waals surface area contributed by atoms with Gasteiger partial charge in [0.25, 0.3) is 0 Å². The van der Waals surface area contributed by atoms with Crippen LogP contribution in [0.3, 0.4) is 0 Å². The van der Waals surface area contributed by atoms with Crippen LogP contribution >= 0.6 is 15.9 Å². The first-order valence-corrected chi connectivity index (χ1v) is 11.5. The SMILES string of the molecule is COC(=O)c1[nH]c2ccc(Br)cc2c1NC(=O)CN1CCN(c2ccc(OC)cc2)[C@@H](C)C1. The average molecular weight is 515 g/mol. The predicted octanol–water partition coefficient (Wildman–Crippen LogP) is 3.87. The molecule has 0 unspecified atom stereocenters. The van der Waals surface area contributed by atoms with Crippen molar-refractivity contribution in [2.45, 2.75) is 13.0 Å². The highest BCUT2D eigenvalue weighted by molar-refractivity contribution is 9.10. The first kappa shape index (κ1) is 23.1. The molecule has 1 fully saturated rings. The van der Waals surface area contributed by atoms with Crippen LogP contribution in [0.2, 0.25) is 0 Å². The predicted molar refractivity (Wildman–Crippen MR) is 132 cm³/mol. The highest BCUT2D eigenvalue weighted by atomic mass is 79.9. The maximum absolute atomic E-state index is 12.9. The van der Waals surface area contributed by atoms with Gasteiger partial charge in [-0.15, -0.1) is 0 Å². The molecule has 0 radical (unpaired) electrons. The lowest BCUT2D eigenvalue weighted by atomic mass is 10.1. The molecule has 1 amide bonds. The number of hydrogen-bond acceptors (Lipinski definition) is 6. The summed E-state index contributed by atoms with van der Waals surface area (Å²) in [4.78, 5) is 32.7. The lowest BCUT2D eigenvalue weighted by Gasteiger charge is -2.41. The zero-order chi connectivity index (χ0) is 23.5. The van der Waals surface area contributed by atoms with E-state index in [0.717, 1.165) is 46.4 Å². The molecule has 1 aliphatic rings. The van der Waals surface area contributed by atoms with Crippen LogP contribution in [0.25, 0.3) is 10.9 Å². The van der Waals surface area contributed by atoms with E-state index < -0.39 is 5.97 Å². The van der Waals surface area contributed by atoms with Crippen LogP contribution in [0.1, 0.15) is 17.4 Å². The molecule has 0 spiro atoms. The lowest BCUT2D eigenvalue weighted by molar-refractivity contribution is -0.117. The maximum Gasteiger partial charge on any atom is 0.356 e. The van der Waals surface area contributed by atoms with Gasteiger partial charge in [-0.2, -0.15) is 0 Å². The van der Waals surface area contributed by atoms with Gasteiger partial charge in [-0.05, 0) is 49.4 Å².